The van der Waals surface area contributed by atoms with Crippen LogP contribution < -0.4 is 0 Å². The number of esters is 1. The van der Waals surface area contributed by atoms with Crippen LogP contribution in [0.4, 0.5) is 0 Å². The molecule has 0 spiro atoms. The Morgan fingerprint density at radius 1 is 1.38 bits per heavy atom. The van der Waals surface area contributed by atoms with Crippen LogP contribution in [0.15, 0.2) is 22.7 Å². The summed E-state index contributed by atoms with van der Waals surface area (Å²) in [5.74, 6) is 0.922. The molecule has 1 aromatic carbocycles. The molecule has 110 valence electrons. The number of aryl methyl sites for hydroxylation is 1. The summed E-state index contributed by atoms with van der Waals surface area (Å²) >= 11 is 0. The summed E-state index contributed by atoms with van der Waals surface area (Å²) in [5.41, 5.74) is 4.84. The van der Waals surface area contributed by atoms with Crippen molar-refractivity contribution in [1.82, 2.24) is 5.16 Å². The lowest BCUT2D eigenvalue weighted by Gasteiger charge is -2.16. The van der Waals surface area contributed by atoms with Gasteiger partial charge in [-0.2, -0.15) is 0 Å². The fraction of sp³-hybridized carbons (Fsp3) is 0.412. The molecule has 4 heteroatoms. The fourth-order valence-corrected chi connectivity index (χ4v) is 2.94. The monoisotopic (exact) mass is 285 g/mol. The van der Waals surface area contributed by atoms with Crippen LogP contribution in [-0.2, 0) is 24.0 Å². The van der Waals surface area contributed by atoms with Crippen molar-refractivity contribution < 1.29 is 14.1 Å². The molecule has 1 aliphatic rings. The number of nitrogens with zero attached hydrogens (tertiary/aromatic N) is 1. The van der Waals surface area contributed by atoms with Gasteiger partial charge in [0.05, 0.1) is 7.11 Å². The van der Waals surface area contributed by atoms with Crippen molar-refractivity contribution in [1.29, 1.82) is 0 Å². The van der Waals surface area contributed by atoms with E-state index in [-0.39, 0.29) is 0 Å². The smallest absolute Gasteiger partial charge is 0.360 e. The van der Waals surface area contributed by atoms with Gasteiger partial charge < -0.3 is 9.26 Å². The van der Waals surface area contributed by atoms with Gasteiger partial charge in [-0.25, -0.2) is 4.79 Å². The first-order valence-corrected chi connectivity index (χ1v) is 7.29. The molecule has 0 saturated carbocycles. The van der Waals surface area contributed by atoms with E-state index in [1.54, 1.807) is 0 Å². The van der Waals surface area contributed by atoms with Gasteiger partial charge in [-0.15, -0.1) is 0 Å². The maximum Gasteiger partial charge on any atom is 0.360 e. The zero-order chi connectivity index (χ0) is 15.0. The first-order valence-electron chi connectivity index (χ1n) is 7.29. The molecule has 0 saturated heterocycles. The third kappa shape index (κ3) is 2.46. The lowest BCUT2D eigenvalue weighted by Crippen LogP contribution is -2.09. The van der Waals surface area contributed by atoms with E-state index in [0.29, 0.717) is 17.4 Å². The van der Waals surface area contributed by atoms with E-state index in [1.165, 1.54) is 18.2 Å². The Bertz CT molecular complexity index is 685. The van der Waals surface area contributed by atoms with Gasteiger partial charge in [-0.1, -0.05) is 37.2 Å². The van der Waals surface area contributed by atoms with Gasteiger partial charge in [0.15, 0.2) is 11.5 Å². The molecule has 21 heavy (non-hydrogen) atoms. The Morgan fingerprint density at radius 3 is 2.90 bits per heavy atom. The van der Waals surface area contributed by atoms with Crippen molar-refractivity contribution in [2.45, 2.75) is 33.1 Å². The number of aromatic nitrogens is 1. The van der Waals surface area contributed by atoms with E-state index < -0.39 is 5.97 Å². The van der Waals surface area contributed by atoms with Crippen molar-refractivity contribution in [2.75, 3.05) is 7.11 Å². The van der Waals surface area contributed by atoms with Crippen LogP contribution >= 0.6 is 0 Å². The fourth-order valence-electron chi connectivity index (χ4n) is 2.94. The first-order chi connectivity index (χ1) is 10.1. The number of carbonyl (C=O) groups excluding carboxylic acids is 1. The Balaban J connectivity index is 2.00. The number of methoxy groups -OCH3 is 1. The molecule has 0 N–H and O–H groups in total. The van der Waals surface area contributed by atoms with E-state index in [4.69, 9.17) is 9.26 Å². The molecule has 4 nitrogen and oxygen atoms in total. The molecule has 0 atom stereocenters. The normalized spacial score (nSPS) is 13.0. The number of rotatable bonds is 3. The van der Waals surface area contributed by atoms with E-state index in [2.05, 4.69) is 37.2 Å². The zero-order valence-corrected chi connectivity index (χ0v) is 12.6. The first kappa shape index (κ1) is 13.9. The summed E-state index contributed by atoms with van der Waals surface area (Å²) in [7, 11) is 1.36. The standard InChI is InChI=1S/C17H19NO3/c1-10(2)8-11-4-6-13-12(9-11)5-7-14-15(17(19)20-3)18-21-16(13)14/h4,6,9-10H,5,7-8H2,1-3H3. The number of fused-ring (bicyclic) bond motifs is 3. The number of carbonyl (C=O) groups is 1. The predicted octanol–water partition coefficient (Wildman–Crippen LogP) is 3.43. The molecule has 0 bridgehead atoms. The maximum atomic E-state index is 11.7. The van der Waals surface area contributed by atoms with Crippen molar-refractivity contribution >= 4 is 5.97 Å². The Hall–Kier alpha value is -2.10. The van der Waals surface area contributed by atoms with Crippen molar-refractivity contribution in [3.63, 3.8) is 0 Å². The number of hydrogen-bond acceptors (Lipinski definition) is 4. The highest BCUT2D eigenvalue weighted by atomic mass is 16.5. The minimum atomic E-state index is -0.431. The van der Waals surface area contributed by atoms with Gasteiger partial charge in [0.1, 0.15) is 0 Å². The van der Waals surface area contributed by atoms with Gasteiger partial charge in [-0.05, 0) is 36.3 Å². The molecule has 1 heterocycles. The average molecular weight is 285 g/mol. The van der Waals surface area contributed by atoms with Crippen molar-refractivity contribution in [2.24, 2.45) is 5.92 Å². The predicted molar refractivity (Wildman–Crippen MR) is 79.2 cm³/mol. The summed E-state index contributed by atoms with van der Waals surface area (Å²) in [5, 5.41) is 3.89. The largest absolute Gasteiger partial charge is 0.464 e. The van der Waals surface area contributed by atoms with Gasteiger partial charge in [0.2, 0.25) is 0 Å². The summed E-state index contributed by atoms with van der Waals surface area (Å²) in [4.78, 5) is 11.7. The van der Waals surface area contributed by atoms with Gasteiger partial charge in [0.25, 0.3) is 0 Å². The second kappa shape index (κ2) is 5.35. The molecule has 1 aromatic heterocycles. The minimum absolute atomic E-state index is 0.310. The van der Waals surface area contributed by atoms with E-state index in [0.717, 1.165) is 30.4 Å². The number of hydrogen-bond donors (Lipinski definition) is 0. The Kier molecular flexibility index (Phi) is 3.53. The summed E-state index contributed by atoms with van der Waals surface area (Å²) < 4.78 is 10.2. The molecule has 0 aliphatic heterocycles. The van der Waals surface area contributed by atoms with Crippen LogP contribution in [0.5, 0.6) is 0 Å². The molecule has 0 unspecified atom stereocenters. The van der Waals surface area contributed by atoms with Crippen LogP contribution in [0.25, 0.3) is 11.3 Å². The van der Waals surface area contributed by atoms with Crippen LogP contribution in [0.1, 0.15) is 41.0 Å². The van der Waals surface area contributed by atoms with Gasteiger partial charge in [-0.3, -0.25) is 0 Å². The minimum Gasteiger partial charge on any atom is -0.464 e. The zero-order valence-electron chi connectivity index (χ0n) is 12.6. The van der Waals surface area contributed by atoms with Crippen molar-refractivity contribution in [3.05, 3.63) is 40.6 Å². The van der Waals surface area contributed by atoms with Crippen molar-refractivity contribution in [3.8, 4) is 11.3 Å². The topological polar surface area (TPSA) is 52.3 Å². The third-order valence-electron chi connectivity index (χ3n) is 3.87. The number of ether oxygens (including phenoxy) is 1. The highest BCUT2D eigenvalue weighted by Gasteiger charge is 2.28. The Labute approximate surface area is 124 Å². The van der Waals surface area contributed by atoms with Crippen LogP contribution in [0.3, 0.4) is 0 Å². The van der Waals surface area contributed by atoms with Crippen LogP contribution in [0.2, 0.25) is 0 Å². The average Bonchev–Trinajstić information content (AvgIpc) is 2.89. The molecule has 0 radical (unpaired) electrons. The molecule has 0 amide bonds. The second-order valence-corrected chi connectivity index (χ2v) is 5.92. The molecule has 0 fully saturated rings. The molecule has 1 aliphatic carbocycles. The van der Waals surface area contributed by atoms with E-state index in [1.807, 2.05) is 0 Å². The van der Waals surface area contributed by atoms with Crippen LogP contribution in [0, 0.1) is 5.92 Å². The van der Waals surface area contributed by atoms with E-state index >= 15 is 0 Å². The molecular formula is C17H19NO3. The van der Waals surface area contributed by atoms with Crippen LogP contribution in [-0.4, -0.2) is 18.2 Å². The van der Waals surface area contributed by atoms with Gasteiger partial charge >= 0.3 is 5.97 Å². The quantitative estimate of drug-likeness (QED) is 0.811. The highest BCUT2D eigenvalue weighted by molar-refractivity contribution is 5.91. The highest BCUT2D eigenvalue weighted by Crippen LogP contribution is 2.36. The van der Waals surface area contributed by atoms with E-state index in [9.17, 15) is 4.79 Å². The molecule has 3 rings (SSSR count). The lowest BCUT2D eigenvalue weighted by atomic mass is 9.87. The number of benzene rings is 1. The third-order valence-corrected chi connectivity index (χ3v) is 3.87. The Morgan fingerprint density at radius 2 is 2.19 bits per heavy atom. The lowest BCUT2D eigenvalue weighted by molar-refractivity contribution is 0.0588. The van der Waals surface area contributed by atoms with Gasteiger partial charge in [0, 0.05) is 11.1 Å². The molecule has 2 aromatic rings. The maximum absolute atomic E-state index is 11.7. The summed E-state index contributed by atoms with van der Waals surface area (Å²) in [6.07, 6.45) is 2.74. The SMILES string of the molecule is COC(=O)c1noc2c1CCc1cc(CC(C)C)ccc1-2. The molecular weight excluding hydrogens is 266 g/mol. The summed E-state index contributed by atoms with van der Waals surface area (Å²) in [6, 6.07) is 6.46. The summed E-state index contributed by atoms with van der Waals surface area (Å²) in [6.45, 7) is 4.44. The second-order valence-electron chi connectivity index (χ2n) is 5.92.